The minimum atomic E-state index is -1.22. The van der Waals surface area contributed by atoms with Crippen molar-refractivity contribution in [3.05, 3.63) is 0 Å². The van der Waals surface area contributed by atoms with Gasteiger partial charge in [0.25, 0.3) is 6.29 Å². The van der Waals surface area contributed by atoms with Gasteiger partial charge in [-0.15, -0.1) is 0 Å². The number of ketones is 1. The summed E-state index contributed by atoms with van der Waals surface area (Å²) >= 11 is 0. The van der Waals surface area contributed by atoms with Crippen molar-refractivity contribution in [2.24, 2.45) is 11.3 Å². The number of unbranched alkanes of at least 4 members (excludes halogenated alkanes) is 4. The normalized spacial score (nSPS) is 28.3. The molecular formula is C16H26O5. The van der Waals surface area contributed by atoms with E-state index in [2.05, 4.69) is 6.92 Å². The van der Waals surface area contributed by atoms with Crippen LogP contribution in [-0.2, 0) is 23.9 Å². The Morgan fingerprint density at radius 3 is 2.38 bits per heavy atom. The fourth-order valence-corrected chi connectivity index (χ4v) is 2.44. The molecule has 0 N–H and O–H groups in total. The highest BCUT2D eigenvalue weighted by Gasteiger charge is 2.56. The Hall–Kier alpha value is -1.39. The maximum atomic E-state index is 11.8. The SMILES string of the molecule is CCCCCCCC(=O)O[C@H]1OC(=O)[C@](C)(C(C)=O)[C@H]1C. The van der Waals surface area contributed by atoms with Gasteiger partial charge in [0.2, 0.25) is 0 Å². The Morgan fingerprint density at radius 1 is 1.24 bits per heavy atom. The molecule has 0 aromatic carbocycles. The second-order valence-electron chi connectivity index (χ2n) is 5.97. The van der Waals surface area contributed by atoms with Gasteiger partial charge >= 0.3 is 11.9 Å². The number of hydrogen-bond acceptors (Lipinski definition) is 5. The average Bonchev–Trinajstić information content (AvgIpc) is 2.64. The highest BCUT2D eigenvalue weighted by Crippen LogP contribution is 2.40. The molecule has 5 nitrogen and oxygen atoms in total. The maximum absolute atomic E-state index is 11.8. The van der Waals surface area contributed by atoms with Crippen molar-refractivity contribution < 1.29 is 23.9 Å². The van der Waals surface area contributed by atoms with Crippen LogP contribution in [0, 0.1) is 11.3 Å². The molecule has 0 spiro atoms. The van der Waals surface area contributed by atoms with Crippen LogP contribution in [-0.4, -0.2) is 24.0 Å². The predicted octanol–water partition coefficient (Wildman–Crippen LogP) is 3.00. The van der Waals surface area contributed by atoms with Gasteiger partial charge in [-0.3, -0.25) is 14.4 Å². The fourth-order valence-electron chi connectivity index (χ4n) is 2.44. The van der Waals surface area contributed by atoms with Crippen LogP contribution < -0.4 is 0 Å². The molecule has 1 heterocycles. The van der Waals surface area contributed by atoms with Crippen LogP contribution in [0.3, 0.4) is 0 Å². The van der Waals surface area contributed by atoms with E-state index in [4.69, 9.17) is 9.47 Å². The molecule has 1 rings (SSSR count). The summed E-state index contributed by atoms with van der Waals surface area (Å²) in [4.78, 5) is 35.3. The number of ether oxygens (including phenoxy) is 2. The molecule has 0 aliphatic carbocycles. The van der Waals surface area contributed by atoms with E-state index in [-0.39, 0.29) is 11.8 Å². The highest BCUT2D eigenvalue weighted by molar-refractivity contribution is 6.03. The fraction of sp³-hybridized carbons (Fsp3) is 0.812. The van der Waals surface area contributed by atoms with E-state index in [1.165, 1.54) is 13.3 Å². The Labute approximate surface area is 126 Å². The van der Waals surface area contributed by atoms with Crippen molar-refractivity contribution in [2.75, 3.05) is 0 Å². The van der Waals surface area contributed by atoms with Crippen molar-refractivity contribution >= 4 is 17.7 Å². The molecule has 0 bridgehead atoms. The Balaban J connectivity index is 2.44. The zero-order valence-corrected chi connectivity index (χ0v) is 13.4. The Bertz CT molecular complexity index is 403. The van der Waals surface area contributed by atoms with Gasteiger partial charge in [0.1, 0.15) is 11.2 Å². The molecule has 0 aromatic heterocycles. The van der Waals surface area contributed by atoms with E-state index in [9.17, 15) is 14.4 Å². The van der Waals surface area contributed by atoms with Crippen LogP contribution in [0.25, 0.3) is 0 Å². The van der Waals surface area contributed by atoms with Crippen LogP contribution >= 0.6 is 0 Å². The molecule has 0 unspecified atom stereocenters. The molecule has 0 radical (unpaired) electrons. The molecule has 3 atom stereocenters. The van der Waals surface area contributed by atoms with Gasteiger partial charge in [-0.05, 0) is 20.3 Å². The first-order valence-electron chi connectivity index (χ1n) is 7.75. The lowest BCUT2D eigenvalue weighted by atomic mass is 9.77. The Morgan fingerprint density at radius 2 is 1.86 bits per heavy atom. The molecule has 0 saturated carbocycles. The van der Waals surface area contributed by atoms with Crippen molar-refractivity contribution in [3.8, 4) is 0 Å². The summed E-state index contributed by atoms with van der Waals surface area (Å²) in [6, 6.07) is 0. The lowest BCUT2D eigenvalue weighted by Crippen LogP contribution is -2.37. The molecule has 1 fully saturated rings. The molecule has 120 valence electrons. The van der Waals surface area contributed by atoms with E-state index in [0.29, 0.717) is 6.42 Å². The number of carbonyl (C=O) groups is 3. The van der Waals surface area contributed by atoms with Gasteiger partial charge < -0.3 is 9.47 Å². The van der Waals surface area contributed by atoms with Gasteiger partial charge in [0, 0.05) is 6.42 Å². The van der Waals surface area contributed by atoms with Crippen molar-refractivity contribution in [3.63, 3.8) is 0 Å². The van der Waals surface area contributed by atoms with E-state index in [0.717, 1.165) is 25.7 Å². The lowest BCUT2D eigenvalue weighted by Gasteiger charge is -2.22. The Kier molecular flexibility index (Phi) is 6.37. The van der Waals surface area contributed by atoms with Gasteiger partial charge in [0.05, 0.1) is 5.92 Å². The van der Waals surface area contributed by atoms with Gasteiger partial charge in [0.15, 0.2) is 0 Å². The largest absolute Gasteiger partial charge is 0.425 e. The number of cyclic esters (lactones) is 1. The van der Waals surface area contributed by atoms with Crippen LogP contribution in [0.2, 0.25) is 0 Å². The van der Waals surface area contributed by atoms with Crippen molar-refractivity contribution in [2.45, 2.75) is 72.5 Å². The van der Waals surface area contributed by atoms with E-state index in [1.54, 1.807) is 13.8 Å². The standard InChI is InChI=1S/C16H26O5/c1-5-6-7-8-9-10-13(18)20-14-11(2)16(4,12(3)17)15(19)21-14/h11,14H,5-10H2,1-4H3/t11-,14-,16-/m0/s1. The number of esters is 2. The summed E-state index contributed by atoms with van der Waals surface area (Å²) in [7, 11) is 0. The number of Topliss-reactive ketones (excluding diaryl/α,β-unsaturated/α-hetero) is 1. The van der Waals surface area contributed by atoms with Crippen LogP contribution in [0.1, 0.15) is 66.2 Å². The average molecular weight is 298 g/mol. The second kappa shape index (κ2) is 7.57. The summed E-state index contributed by atoms with van der Waals surface area (Å²) in [5.74, 6) is -1.71. The zero-order valence-electron chi connectivity index (χ0n) is 13.4. The number of hydrogen-bond donors (Lipinski definition) is 0. The smallest absolute Gasteiger partial charge is 0.322 e. The zero-order chi connectivity index (χ0) is 16.0. The number of carbonyl (C=O) groups excluding carboxylic acids is 3. The van der Waals surface area contributed by atoms with Crippen molar-refractivity contribution in [1.82, 2.24) is 0 Å². The monoisotopic (exact) mass is 298 g/mol. The number of rotatable bonds is 8. The summed E-state index contributed by atoms with van der Waals surface area (Å²) < 4.78 is 10.3. The first-order chi connectivity index (χ1) is 9.83. The molecular weight excluding hydrogens is 272 g/mol. The first-order valence-corrected chi connectivity index (χ1v) is 7.75. The molecule has 1 aliphatic rings. The molecule has 0 amide bonds. The molecule has 0 aromatic rings. The molecule has 1 aliphatic heterocycles. The van der Waals surface area contributed by atoms with Crippen LogP contribution in [0.15, 0.2) is 0 Å². The minimum Gasteiger partial charge on any atom is -0.425 e. The molecule has 1 saturated heterocycles. The predicted molar refractivity (Wildman–Crippen MR) is 77.3 cm³/mol. The van der Waals surface area contributed by atoms with E-state index >= 15 is 0 Å². The van der Waals surface area contributed by atoms with Gasteiger partial charge in [-0.25, -0.2) is 0 Å². The summed E-state index contributed by atoms with van der Waals surface area (Å²) in [5, 5.41) is 0. The lowest BCUT2D eigenvalue weighted by molar-refractivity contribution is -0.181. The van der Waals surface area contributed by atoms with E-state index in [1.807, 2.05) is 0 Å². The van der Waals surface area contributed by atoms with Crippen LogP contribution in [0.5, 0.6) is 0 Å². The van der Waals surface area contributed by atoms with Crippen molar-refractivity contribution in [1.29, 1.82) is 0 Å². The molecule has 5 heteroatoms. The van der Waals surface area contributed by atoms with Crippen LogP contribution in [0.4, 0.5) is 0 Å². The van der Waals surface area contributed by atoms with Gasteiger partial charge in [-0.1, -0.05) is 39.5 Å². The van der Waals surface area contributed by atoms with E-state index < -0.39 is 23.6 Å². The topological polar surface area (TPSA) is 69.7 Å². The molecule has 21 heavy (non-hydrogen) atoms. The minimum absolute atomic E-state index is 0.266. The second-order valence-corrected chi connectivity index (χ2v) is 5.97. The first kappa shape index (κ1) is 17.7. The third-order valence-electron chi connectivity index (χ3n) is 4.43. The maximum Gasteiger partial charge on any atom is 0.322 e. The highest BCUT2D eigenvalue weighted by atomic mass is 16.7. The summed E-state index contributed by atoms with van der Waals surface area (Å²) in [6.07, 6.45) is 4.58. The third-order valence-corrected chi connectivity index (χ3v) is 4.43. The quantitative estimate of drug-likeness (QED) is 0.391. The summed E-state index contributed by atoms with van der Waals surface area (Å²) in [5.41, 5.74) is -1.22. The van der Waals surface area contributed by atoms with Gasteiger partial charge in [-0.2, -0.15) is 0 Å². The summed E-state index contributed by atoms with van der Waals surface area (Å²) in [6.45, 7) is 6.73. The third kappa shape index (κ3) is 4.05.